The Kier molecular flexibility index (Phi) is 2.73. The van der Waals surface area contributed by atoms with E-state index in [1.54, 1.807) is 6.33 Å². The van der Waals surface area contributed by atoms with E-state index in [1.165, 1.54) is 5.56 Å². The summed E-state index contributed by atoms with van der Waals surface area (Å²) in [7, 11) is 0. The Morgan fingerprint density at radius 3 is 2.50 bits per heavy atom. The predicted octanol–water partition coefficient (Wildman–Crippen LogP) is 2.15. The SMILES string of the molecule is CCc1c(C)nn(-c2cc(C)ncn2)c1C. The second-order valence-corrected chi connectivity index (χ2v) is 3.93. The first-order chi connectivity index (χ1) is 7.63. The third-order valence-corrected chi connectivity index (χ3v) is 2.80. The Morgan fingerprint density at radius 1 is 1.19 bits per heavy atom. The fourth-order valence-electron chi connectivity index (χ4n) is 1.97. The lowest BCUT2D eigenvalue weighted by molar-refractivity contribution is 0.796. The van der Waals surface area contributed by atoms with Crippen LogP contribution < -0.4 is 0 Å². The first kappa shape index (κ1) is 10.8. The van der Waals surface area contributed by atoms with E-state index in [4.69, 9.17) is 0 Å². The van der Waals surface area contributed by atoms with Gasteiger partial charge >= 0.3 is 0 Å². The van der Waals surface area contributed by atoms with Gasteiger partial charge in [0.05, 0.1) is 5.69 Å². The number of hydrogen-bond acceptors (Lipinski definition) is 3. The van der Waals surface area contributed by atoms with Crippen molar-refractivity contribution in [3.8, 4) is 5.82 Å². The molecule has 0 aliphatic heterocycles. The highest BCUT2D eigenvalue weighted by Crippen LogP contribution is 2.16. The molecule has 16 heavy (non-hydrogen) atoms. The monoisotopic (exact) mass is 216 g/mol. The van der Waals surface area contributed by atoms with Gasteiger partial charge in [-0.05, 0) is 32.8 Å². The minimum absolute atomic E-state index is 0.841. The van der Waals surface area contributed by atoms with Crippen LogP contribution in [0.3, 0.4) is 0 Å². The minimum Gasteiger partial charge on any atom is -0.242 e. The van der Waals surface area contributed by atoms with E-state index >= 15 is 0 Å². The molecular formula is C12H16N4. The van der Waals surface area contributed by atoms with Crippen molar-refractivity contribution >= 4 is 0 Å². The molecule has 0 atom stereocenters. The topological polar surface area (TPSA) is 43.6 Å². The second kappa shape index (κ2) is 4.04. The van der Waals surface area contributed by atoms with Gasteiger partial charge in [-0.2, -0.15) is 5.10 Å². The fourth-order valence-corrected chi connectivity index (χ4v) is 1.97. The summed E-state index contributed by atoms with van der Waals surface area (Å²) < 4.78 is 1.89. The number of aryl methyl sites for hydroxylation is 2. The summed E-state index contributed by atoms with van der Waals surface area (Å²) in [5, 5.41) is 4.52. The van der Waals surface area contributed by atoms with E-state index in [0.29, 0.717) is 0 Å². The van der Waals surface area contributed by atoms with Crippen molar-refractivity contribution in [1.29, 1.82) is 0 Å². The molecule has 0 aliphatic carbocycles. The predicted molar refractivity (Wildman–Crippen MR) is 62.7 cm³/mol. The summed E-state index contributed by atoms with van der Waals surface area (Å²) in [5.74, 6) is 0.841. The molecule has 0 saturated heterocycles. The van der Waals surface area contributed by atoms with Crippen molar-refractivity contribution in [2.75, 3.05) is 0 Å². The summed E-state index contributed by atoms with van der Waals surface area (Å²) in [6.45, 7) is 8.22. The Bertz CT molecular complexity index is 514. The zero-order chi connectivity index (χ0) is 11.7. The molecule has 0 fully saturated rings. The maximum Gasteiger partial charge on any atom is 0.157 e. The molecule has 0 saturated carbocycles. The second-order valence-electron chi connectivity index (χ2n) is 3.93. The Labute approximate surface area is 95.4 Å². The first-order valence-corrected chi connectivity index (χ1v) is 5.47. The van der Waals surface area contributed by atoms with Crippen molar-refractivity contribution in [3.05, 3.63) is 35.0 Å². The van der Waals surface area contributed by atoms with E-state index in [9.17, 15) is 0 Å². The van der Waals surface area contributed by atoms with Crippen molar-refractivity contribution in [2.45, 2.75) is 34.1 Å². The van der Waals surface area contributed by atoms with Crippen LogP contribution in [0.25, 0.3) is 5.82 Å². The van der Waals surface area contributed by atoms with E-state index in [0.717, 1.165) is 29.3 Å². The van der Waals surface area contributed by atoms with E-state index in [1.807, 2.05) is 24.6 Å². The van der Waals surface area contributed by atoms with Crippen LogP contribution in [0.2, 0.25) is 0 Å². The van der Waals surface area contributed by atoms with Crippen LogP contribution in [0, 0.1) is 20.8 Å². The molecule has 2 heterocycles. The summed E-state index contributed by atoms with van der Waals surface area (Å²) in [6.07, 6.45) is 2.58. The molecule has 4 nitrogen and oxygen atoms in total. The highest BCUT2D eigenvalue weighted by molar-refractivity contribution is 5.32. The van der Waals surface area contributed by atoms with Crippen molar-refractivity contribution < 1.29 is 0 Å². The molecule has 2 rings (SSSR count). The molecule has 0 aliphatic rings. The van der Waals surface area contributed by atoms with Gasteiger partial charge in [-0.15, -0.1) is 0 Å². The normalized spacial score (nSPS) is 10.8. The Balaban J connectivity index is 2.56. The highest BCUT2D eigenvalue weighted by atomic mass is 15.3. The Morgan fingerprint density at radius 2 is 1.94 bits per heavy atom. The average molecular weight is 216 g/mol. The van der Waals surface area contributed by atoms with Gasteiger partial charge in [0, 0.05) is 17.5 Å². The molecule has 4 heteroatoms. The van der Waals surface area contributed by atoms with E-state index in [2.05, 4.69) is 28.9 Å². The number of rotatable bonds is 2. The zero-order valence-electron chi connectivity index (χ0n) is 10.2. The van der Waals surface area contributed by atoms with Crippen LogP contribution in [0.5, 0.6) is 0 Å². The summed E-state index contributed by atoms with van der Waals surface area (Å²) in [4.78, 5) is 8.34. The van der Waals surface area contributed by atoms with Crippen LogP contribution in [0.1, 0.15) is 29.6 Å². The van der Waals surface area contributed by atoms with Gasteiger partial charge in [0.2, 0.25) is 0 Å². The lowest BCUT2D eigenvalue weighted by atomic mass is 10.1. The molecule has 2 aromatic rings. The quantitative estimate of drug-likeness (QED) is 0.772. The first-order valence-electron chi connectivity index (χ1n) is 5.47. The third-order valence-electron chi connectivity index (χ3n) is 2.80. The molecular weight excluding hydrogens is 200 g/mol. The van der Waals surface area contributed by atoms with Crippen LogP contribution in [0.4, 0.5) is 0 Å². The molecule has 0 N–H and O–H groups in total. The number of nitrogens with zero attached hydrogens (tertiary/aromatic N) is 4. The number of aromatic nitrogens is 4. The molecule has 0 unspecified atom stereocenters. The van der Waals surface area contributed by atoms with Crippen molar-refractivity contribution in [1.82, 2.24) is 19.7 Å². The van der Waals surface area contributed by atoms with Crippen LogP contribution in [-0.4, -0.2) is 19.7 Å². The summed E-state index contributed by atoms with van der Waals surface area (Å²) >= 11 is 0. The van der Waals surface area contributed by atoms with Gasteiger partial charge in [-0.3, -0.25) is 0 Å². The van der Waals surface area contributed by atoms with Crippen LogP contribution >= 0.6 is 0 Å². The Hall–Kier alpha value is -1.71. The lowest BCUT2D eigenvalue weighted by Gasteiger charge is -2.03. The number of hydrogen-bond donors (Lipinski definition) is 0. The van der Waals surface area contributed by atoms with Gasteiger partial charge in [-0.1, -0.05) is 6.92 Å². The molecule has 2 aromatic heterocycles. The lowest BCUT2D eigenvalue weighted by Crippen LogP contribution is -2.03. The maximum atomic E-state index is 4.52. The van der Waals surface area contributed by atoms with Crippen molar-refractivity contribution in [2.24, 2.45) is 0 Å². The zero-order valence-corrected chi connectivity index (χ0v) is 10.2. The van der Waals surface area contributed by atoms with Crippen LogP contribution in [-0.2, 0) is 6.42 Å². The maximum absolute atomic E-state index is 4.52. The van der Waals surface area contributed by atoms with E-state index in [-0.39, 0.29) is 0 Å². The summed E-state index contributed by atoms with van der Waals surface area (Å²) in [6, 6.07) is 1.94. The molecule has 0 spiro atoms. The average Bonchev–Trinajstić information content (AvgIpc) is 2.54. The highest BCUT2D eigenvalue weighted by Gasteiger charge is 2.11. The van der Waals surface area contributed by atoms with E-state index < -0.39 is 0 Å². The fraction of sp³-hybridized carbons (Fsp3) is 0.417. The molecule has 0 aromatic carbocycles. The minimum atomic E-state index is 0.841. The van der Waals surface area contributed by atoms with Gasteiger partial charge in [-0.25, -0.2) is 14.6 Å². The smallest absolute Gasteiger partial charge is 0.157 e. The van der Waals surface area contributed by atoms with Crippen molar-refractivity contribution in [3.63, 3.8) is 0 Å². The van der Waals surface area contributed by atoms with Crippen LogP contribution in [0.15, 0.2) is 12.4 Å². The van der Waals surface area contributed by atoms with Gasteiger partial charge in [0.1, 0.15) is 6.33 Å². The summed E-state index contributed by atoms with van der Waals surface area (Å²) in [5.41, 5.74) is 4.50. The van der Waals surface area contributed by atoms with Gasteiger partial charge < -0.3 is 0 Å². The van der Waals surface area contributed by atoms with Gasteiger partial charge in [0.15, 0.2) is 5.82 Å². The standard InChI is InChI=1S/C12H16N4/c1-5-11-9(3)15-16(10(11)4)12-6-8(2)13-7-14-12/h6-7H,5H2,1-4H3. The molecule has 0 radical (unpaired) electrons. The van der Waals surface area contributed by atoms with Gasteiger partial charge in [0.25, 0.3) is 0 Å². The largest absolute Gasteiger partial charge is 0.242 e. The molecule has 0 bridgehead atoms. The molecule has 84 valence electrons. The third kappa shape index (κ3) is 1.71. The molecule has 0 amide bonds.